The van der Waals surface area contributed by atoms with Crippen molar-refractivity contribution < 1.29 is 18.0 Å². The topological polar surface area (TPSA) is 54.9 Å². The van der Waals surface area contributed by atoms with E-state index in [4.69, 9.17) is 0 Å². The summed E-state index contributed by atoms with van der Waals surface area (Å²) < 4.78 is 35.0. The number of carbonyl (C=O) groups excluding carboxylic acids is 1. The second-order valence-electron chi connectivity index (χ2n) is 2.41. The maximum Gasteiger partial charge on any atom is 0.405 e. The van der Waals surface area contributed by atoms with Crippen LogP contribution < -0.4 is 5.32 Å². The summed E-state index contributed by atoms with van der Waals surface area (Å²) in [6, 6.07) is 2.69. The molecule has 1 aromatic heterocycles. The van der Waals surface area contributed by atoms with Gasteiger partial charge in [-0.1, -0.05) is 0 Å². The summed E-state index contributed by atoms with van der Waals surface area (Å²) in [7, 11) is 0. The van der Waals surface area contributed by atoms with Gasteiger partial charge in [0.2, 0.25) is 0 Å². The van der Waals surface area contributed by atoms with Crippen LogP contribution in [0.1, 0.15) is 10.5 Å². The Bertz CT molecular complexity index is 312. The van der Waals surface area contributed by atoms with Crippen LogP contribution in [-0.2, 0) is 0 Å². The molecule has 0 aliphatic heterocycles. The number of rotatable bonds is 2. The van der Waals surface area contributed by atoms with E-state index in [0.29, 0.717) is 0 Å². The Balaban J connectivity index is 2.52. The predicted octanol–water partition coefficient (Wildman–Crippen LogP) is 0.769. The number of halogens is 3. The molecular formula is C7H6F3N3O. The van der Waals surface area contributed by atoms with Gasteiger partial charge in [-0.2, -0.15) is 18.3 Å². The molecule has 0 bridgehead atoms. The summed E-state index contributed by atoms with van der Waals surface area (Å²) in [4.78, 5) is 11.0. The highest BCUT2D eigenvalue weighted by Crippen LogP contribution is 2.12. The SMILES string of the molecule is O=C(NCC(F)(F)F)c1cccnn1. The maximum atomic E-state index is 11.7. The van der Waals surface area contributed by atoms with Crippen molar-refractivity contribution in [1.29, 1.82) is 0 Å². The third-order valence-electron chi connectivity index (χ3n) is 1.25. The molecule has 1 aromatic rings. The van der Waals surface area contributed by atoms with Gasteiger partial charge in [0.05, 0.1) is 0 Å². The molecule has 4 nitrogen and oxygen atoms in total. The van der Waals surface area contributed by atoms with Crippen molar-refractivity contribution in [3.63, 3.8) is 0 Å². The molecule has 0 aromatic carbocycles. The molecule has 76 valence electrons. The number of aromatic nitrogens is 2. The zero-order valence-electron chi connectivity index (χ0n) is 6.88. The standard InChI is InChI=1S/C7H6F3N3O/c8-7(9,10)4-11-6(14)5-2-1-3-12-13-5/h1-3H,4H2,(H,11,14). The fourth-order valence-electron chi connectivity index (χ4n) is 0.694. The first-order valence-corrected chi connectivity index (χ1v) is 3.62. The zero-order chi connectivity index (χ0) is 10.6. The maximum absolute atomic E-state index is 11.7. The van der Waals surface area contributed by atoms with Crippen molar-refractivity contribution in [3.05, 3.63) is 24.0 Å². The third kappa shape index (κ3) is 3.38. The number of alkyl halides is 3. The minimum Gasteiger partial charge on any atom is -0.342 e. The summed E-state index contributed by atoms with van der Waals surface area (Å²) in [6.45, 7) is -1.37. The lowest BCUT2D eigenvalue weighted by molar-refractivity contribution is -0.123. The van der Waals surface area contributed by atoms with Crippen LogP contribution >= 0.6 is 0 Å². The normalized spacial score (nSPS) is 11.1. The quantitative estimate of drug-likeness (QED) is 0.775. The van der Waals surface area contributed by atoms with Crippen LogP contribution in [0, 0.1) is 0 Å². The van der Waals surface area contributed by atoms with Gasteiger partial charge in [0.1, 0.15) is 6.54 Å². The number of hydrogen-bond acceptors (Lipinski definition) is 3. The number of carbonyl (C=O) groups is 1. The van der Waals surface area contributed by atoms with Crippen molar-refractivity contribution in [3.8, 4) is 0 Å². The van der Waals surface area contributed by atoms with E-state index in [1.54, 1.807) is 5.32 Å². The average Bonchev–Trinajstić information content (AvgIpc) is 2.14. The Kier molecular flexibility index (Phi) is 3.00. The van der Waals surface area contributed by atoms with Crippen molar-refractivity contribution in [2.24, 2.45) is 0 Å². The van der Waals surface area contributed by atoms with E-state index >= 15 is 0 Å². The van der Waals surface area contributed by atoms with Crippen LogP contribution in [0.3, 0.4) is 0 Å². The second kappa shape index (κ2) is 4.03. The number of nitrogens with one attached hydrogen (secondary N) is 1. The molecule has 1 heterocycles. The molecular weight excluding hydrogens is 199 g/mol. The fourth-order valence-corrected chi connectivity index (χ4v) is 0.694. The number of hydrogen-bond donors (Lipinski definition) is 1. The van der Waals surface area contributed by atoms with Gasteiger partial charge >= 0.3 is 6.18 Å². The van der Waals surface area contributed by atoms with Gasteiger partial charge in [-0.25, -0.2) is 0 Å². The summed E-state index contributed by atoms with van der Waals surface area (Å²) >= 11 is 0. The van der Waals surface area contributed by atoms with Crippen molar-refractivity contribution in [2.45, 2.75) is 6.18 Å². The van der Waals surface area contributed by atoms with E-state index in [-0.39, 0.29) is 5.69 Å². The fraction of sp³-hybridized carbons (Fsp3) is 0.286. The zero-order valence-corrected chi connectivity index (χ0v) is 6.88. The molecule has 0 atom stereocenters. The van der Waals surface area contributed by atoms with E-state index in [1.165, 1.54) is 18.3 Å². The van der Waals surface area contributed by atoms with E-state index in [0.717, 1.165) is 0 Å². The van der Waals surface area contributed by atoms with Crippen LogP contribution in [0.15, 0.2) is 18.3 Å². The van der Waals surface area contributed by atoms with E-state index in [2.05, 4.69) is 10.2 Å². The Morgan fingerprint density at radius 1 is 1.50 bits per heavy atom. The van der Waals surface area contributed by atoms with E-state index in [9.17, 15) is 18.0 Å². The smallest absolute Gasteiger partial charge is 0.342 e. The highest BCUT2D eigenvalue weighted by atomic mass is 19.4. The molecule has 0 aliphatic rings. The highest BCUT2D eigenvalue weighted by molar-refractivity contribution is 5.91. The van der Waals surface area contributed by atoms with Gasteiger partial charge in [-0.3, -0.25) is 4.79 Å². The minimum atomic E-state index is -4.42. The van der Waals surface area contributed by atoms with Crippen LogP contribution in [0.2, 0.25) is 0 Å². The third-order valence-corrected chi connectivity index (χ3v) is 1.25. The van der Waals surface area contributed by atoms with Crippen LogP contribution in [0.25, 0.3) is 0 Å². The van der Waals surface area contributed by atoms with Gasteiger partial charge in [-0.05, 0) is 12.1 Å². The second-order valence-corrected chi connectivity index (χ2v) is 2.41. The van der Waals surface area contributed by atoms with Gasteiger partial charge in [0.25, 0.3) is 5.91 Å². The largest absolute Gasteiger partial charge is 0.405 e. The van der Waals surface area contributed by atoms with Crippen LogP contribution in [0.5, 0.6) is 0 Å². The molecule has 0 saturated heterocycles. The summed E-state index contributed by atoms with van der Waals surface area (Å²) in [5, 5.41) is 8.38. The van der Waals surface area contributed by atoms with Crippen LogP contribution in [0.4, 0.5) is 13.2 Å². The molecule has 0 saturated carbocycles. The molecule has 0 aliphatic carbocycles. The molecule has 0 radical (unpaired) electrons. The molecule has 0 spiro atoms. The Morgan fingerprint density at radius 3 is 2.71 bits per heavy atom. The van der Waals surface area contributed by atoms with Gasteiger partial charge in [0.15, 0.2) is 5.69 Å². The predicted molar refractivity (Wildman–Crippen MR) is 40.4 cm³/mol. The molecule has 7 heteroatoms. The summed E-state index contributed by atoms with van der Waals surface area (Å²) in [6.07, 6.45) is -3.10. The summed E-state index contributed by atoms with van der Waals surface area (Å²) in [5.41, 5.74) is -0.142. The monoisotopic (exact) mass is 205 g/mol. The summed E-state index contributed by atoms with van der Waals surface area (Å²) in [5.74, 6) is -0.893. The molecule has 1 amide bonds. The molecule has 14 heavy (non-hydrogen) atoms. The lowest BCUT2D eigenvalue weighted by atomic mass is 10.3. The molecule has 0 unspecified atom stereocenters. The van der Waals surface area contributed by atoms with Gasteiger partial charge in [-0.15, -0.1) is 5.10 Å². The Morgan fingerprint density at radius 2 is 2.21 bits per heavy atom. The average molecular weight is 205 g/mol. The number of amides is 1. The van der Waals surface area contributed by atoms with E-state index in [1.807, 2.05) is 0 Å². The lowest BCUT2D eigenvalue weighted by Crippen LogP contribution is -2.34. The first-order chi connectivity index (χ1) is 6.49. The highest BCUT2D eigenvalue weighted by Gasteiger charge is 2.28. The Labute approximate surface area is 77.1 Å². The van der Waals surface area contributed by atoms with E-state index < -0.39 is 18.6 Å². The van der Waals surface area contributed by atoms with Crippen molar-refractivity contribution in [1.82, 2.24) is 15.5 Å². The minimum absolute atomic E-state index is 0.142. The van der Waals surface area contributed by atoms with Gasteiger partial charge < -0.3 is 5.32 Å². The van der Waals surface area contributed by atoms with Crippen molar-refractivity contribution in [2.75, 3.05) is 6.54 Å². The first kappa shape index (κ1) is 10.4. The van der Waals surface area contributed by atoms with Gasteiger partial charge in [0, 0.05) is 6.20 Å². The van der Waals surface area contributed by atoms with Crippen molar-refractivity contribution >= 4 is 5.91 Å². The lowest BCUT2D eigenvalue weighted by Gasteiger charge is -2.06. The number of nitrogens with zero attached hydrogens (tertiary/aromatic N) is 2. The molecule has 0 fully saturated rings. The Hall–Kier alpha value is -1.66. The molecule has 1 rings (SSSR count). The first-order valence-electron chi connectivity index (χ1n) is 3.62. The van der Waals surface area contributed by atoms with Crippen LogP contribution in [-0.4, -0.2) is 28.8 Å². The molecule has 1 N–H and O–H groups in total.